The molecule has 4 unspecified atom stereocenters. The molecule has 0 saturated heterocycles. The topological polar surface area (TPSA) is 50.1 Å². The highest BCUT2D eigenvalue weighted by Crippen LogP contribution is 2.42. The fourth-order valence-corrected chi connectivity index (χ4v) is 8.25. The Labute approximate surface area is 347 Å². The Hall–Kier alpha value is -2.16. The van der Waals surface area contributed by atoms with E-state index in [1.54, 1.807) is 0 Å². The van der Waals surface area contributed by atoms with E-state index in [0.29, 0.717) is 29.0 Å². The quantitative estimate of drug-likeness (QED) is 0.0806. The summed E-state index contributed by atoms with van der Waals surface area (Å²) in [6.45, 7) is 58.6. The minimum absolute atomic E-state index is 0.170. The zero-order valence-electron chi connectivity index (χ0n) is 40.1. The average molecular weight is 766 g/mol. The summed E-state index contributed by atoms with van der Waals surface area (Å²) >= 11 is 0. The van der Waals surface area contributed by atoms with E-state index in [2.05, 4.69) is 140 Å². The predicted molar refractivity (Wildman–Crippen MR) is 253 cm³/mol. The molecule has 4 N–H and O–H groups in total. The summed E-state index contributed by atoms with van der Waals surface area (Å²) in [5.74, 6) is 3.86. The molecule has 0 aliphatic heterocycles. The largest absolute Gasteiger partial charge is 0.399 e. The lowest BCUT2D eigenvalue weighted by Crippen LogP contribution is -2.50. The van der Waals surface area contributed by atoms with E-state index in [1.807, 2.05) is 13.8 Å². The van der Waals surface area contributed by atoms with Crippen molar-refractivity contribution in [2.75, 3.05) is 0 Å². The molecule has 2 aliphatic rings. The van der Waals surface area contributed by atoms with Gasteiger partial charge in [0, 0.05) is 11.7 Å². The molecule has 0 bridgehead atoms. The lowest BCUT2D eigenvalue weighted by molar-refractivity contribution is 0.166. The molecule has 0 aromatic heterocycles. The lowest BCUT2D eigenvalue weighted by Gasteiger charge is -2.43. The van der Waals surface area contributed by atoms with Crippen molar-refractivity contribution < 1.29 is 0 Å². The smallest absolute Gasteiger partial charge is 0.0919 e. The SMILES string of the molecule is C=C(CC)C(C)[C@H](CCC)C(C)(C)C.C=C(CCCC)CCC(NC(=C)NC(C(=C)C)C1(C)CCCCC1)C(C)(C)C.C=C(N)C(=C)C(C)CC1CC1.CC. The summed E-state index contributed by atoms with van der Waals surface area (Å²) in [7, 11) is 0. The highest BCUT2D eigenvalue weighted by atomic mass is 15.1. The molecule has 0 aromatic carbocycles. The van der Waals surface area contributed by atoms with Gasteiger partial charge >= 0.3 is 0 Å². The Morgan fingerprint density at radius 3 is 1.73 bits per heavy atom. The maximum Gasteiger partial charge on any atom is 0.0919 e. The maximum absolute atomic E-state index is 5.54. The van der Waals surface area contributed by atoms with Crippen LogP contribution in [0.15, 0.2) is 73.3 Å². The van der Waals surface area contributed by atoms with Gasteiger partial charge in [-0.25, -0.2) is 0 Å². The number of hydrogen-bond donors (Lipinski definition) is 3. The molecule has 0 aromatic rings. The summed E-state index contributed by atoms with van der Waals surface area (Å²) in [5, 5.41) is 7.45. The van der Waals surface area contributed by atoms with Crippen LogP contribution in [-0.4, -0.2) is 12.1 Å². The fourth-order valence-electron chi connectivity index (χ4n) is 8.25. The van der Waals surface area contributed by atoms with Crippen molar-refractivity contribution in [3.8, 4) is 0 Å². The van der Waals surface area contributed by atoms with Crippen molar-refractivity contribution in [2.45, 2.75) is 219 Å². The van der Waals surface area contributed by atoms with Crippen molar-refractivity contribution in [3.05, 3.63) is 73.3 Å². The predicted octanol–water partition coefficient (Wildman–Crippen LogP) is 16.0. The molecule has 2 fully saturated rings. The summed E-state index contributed by atoms with van der Waals surface area (Å²) in [6.07, 6.45) is 20.2. The first-order valence-corrected chi connectivity index (χ1v) is 22.8. The number of nitrogens with two attached hydrogens (primary N) is 1. The van der Waals surface area contributed by atoms with Crippen molar-refractivity contribution >= 4 is 0 Å². The molecule has 2 rings (SSSR count). The highest BCUT2D eigenvalue weighted by molar-refractivity contribution is 5.24. The van der Waals surface area contributed by atoms with Crippen molar-refractivity contribution in [1.29, 1.82) is 0 Å². The van der Waals surface area contributed by atoms with Gasteiger partial charge < -0.3 is 16.4 Å². The first-order chi connectivity index (χ1) is 25.4. The third-order valence-electron chi connectivity index (χ3n) is 12.4. The first-order valence-electron chi connectivity index (χ1n) is 22.8. The Bertz CT molecular complexity index is 1130. The van der Waals surface area contributed by atoms with E-state index < -0.39 is 0 Å². The Morgan fingerprint density at radius 1 is 0.782 bits per heavy atom. The van der Waals surface area contributed by atoms with Crippen LogP contribution < -0.4 is 16.4 Å². The Morgan fingerprint density at radius 2 is 1.33 bits per heavy atom. The molecular formula is C52H99N3. The van der Waals surface area contributed by atoms with Gasteiger partial charge in [-0.1, -0.05) is 198 Å². The monoisotopic (exact) mass is 766 g/mol. The standard InChI is InChI=1S/C26H48N2.C14H28.C10H17N.C2H6/c1-10-11-15-21(4)16-17-23(25(6,7)8)27-22(5)28-24(20(2)3)26(9)18-13-12-14-19-26;1-8-10-13(14(5,6)7)12(4)11(3)9-2;1-7(6-10-4-5-10)8(2)9(3)11;1-2/h23-24,27-28H,2,4-5,10-19H2,1,3,6-9H3;12-13H,3,8-10H2,1-2,4-7H3;7,10H,2-6,11H2,1H3;1-2H3/t;12?,13-;;/m.0../s1. The van der Waals surface area contributed by atoms with Gasteiger partial charge in [0.15, 0.2) is 0 Å². The Balaban J connectivity index is 0. The highest BCUT2D eigenvalue weighted by Gasteiger charge is 2.37. The number of nitrogens with one attached hydrogen (secondary N) is 2. The van der Waals surface area contributed by atoms with Gasteiger partial charge in [0.05, 0.1) is 11.9 Å². The van der Waals surface area contributed by atoms with Crippen molar-refractivity contribution in [1.82, 2.24) is 10.6 Å². The maximum atomic E-state index is 5.54. The second-order valence-electron chi connectivity index (χ2n) is 19.8. The zero-order chi connectivity index (χ0) is 43.2. The Kier molecular flexibility index (Phi) is 27.4. The van der Waals surface area contributed by atoms with Gasteiger partial charge in [-0.3, -0.25) is 0 Å². The second-order valence-corrected chi connectivity index (χ2v) is 19.8. The molecule has 55 heavy (non-hydrogen) atoms. The average Bonchev–Trinajstić information content (AvgIpc) is 3.93. The minimum Gasteiger partial charge on any atom is -0.399 e. The summed E-state index contributed by atoms with van der Waals surface area (Å²) < 4.78 is 0. The summed E-state index contributed by atoms with van der Waals surface area (Å²) in [5.41, 5.74) is 12.1. The van der Waals surface area contributed by atoms with Crippen LogP contribution in [0.3, 0.4) is 0 Å². The number of rotatable bonds is 21. The van der Waals surface area contributed by atoms with Crippen LogP contribution in [0.2, 0.25) is 0 Å². The van der Waals surface area contributed by atoms with Gasteiger partial charge in [0.2, 0.25) is 0 Å². The van der Waals surface area contributed by atoms with E-state index in [4.69, 9.17) is 5.73 Å². The molecule has 322 valence electrons. The molecule has 0 heterocycles. The van der Waals surface area contributed by atoms with Gasteiger partial charge in [-0.05, 0) is 110 Å². The first kappa shape index (κ1) is 54.9. The molecule has 0 radical (unpaired) electrons. The zero-order valence-corrected chi connectivity index (χ0v) is 40.1. The molecule has 2 aliphatic carbocycles. The van der Waals surface area contributed by atoms with Gasteiger partial charge in [0.25, 0.3) is 0 Å². The normalized spacial score (nSPS) is 17.7. The van der Waals surface area contributed by atoms with Crippen LogP contribution in [0.1, 0.15) is 207 Å². The molecule has 5 atom stereocenters. The van der Waals surface area contributed by atoms with Gasteiger partial charge in [-0.15, -0.1) is 0 Å². The van der Waals surface area contributed by atoms with Crippen LogP contribution >= 0.6 is 0 Å². The number of unbranched alkanes of at least 4 members (excludes halogenated alkanes) is 1. The van der Waals surface area contributed by atoms with E-state index in [-0.39, 0.29) is 16.9 Å². The second kappa shape index (κ2) is 27.5. The number of hydrogen-bond acceptors (Lipinski definition) is 3. The molecule has 2 saturated carbocycles. The van der Waals surface area contributed by atoms with Crippen LogP contribution in [-0.2, 0) is 0 Å². The molecule has 0 amide bonds. The lowest BCUT2D eigenvalue weighted by atomic mass is 9.69. The van der Waals surface area contributed by atoms with Crippen molar-refractivity contribution in [3.63, 3.8) is 0 Å². The molecular weight excluding hydrogens is 667 g/mol. The van der Waals surface area contributed by atoms with Gasteiger partial charge in [-0.2, -0.15) is 0 Å². The van der Waals surface area contributed by atoms with Crippen LogP contribution in [0, 0.1) is 39.9 Å². The molecule has 3 nitrogen and oxygen atoms in total. The molecule has 3 heteroatoms. The summed E-state index contributed by atoms with van der Waals surface area (Å²) in [6, 6.07) is 0.656. The van der Waals surface area contributed by atoms with Crippen LogP contribution in [0.5, 0.6) is 0 Å². The number of allylic oxidation sites excluding steroid dienone is 3. The third-order valence-corrected chi connectivity index (χ3v) is 12.4. The van der Waals surface area contributed by atoms with Crippen LogP contribution in [0.4, 0.5) is 0 Å². The minimum atomic E-state index is 0.170. The third kappa shape index (κ3) is 23.0. The van der Waals surface area contributed by atoms with Crippen molar-refractivity contribution in [2.24, 2.45) is 45.7 Å². The fraction of sp³-hybridized carbons (Fsp3) is 0.769. The molecule has 0 spiro atoms. The van der Waals surface area contributed by atoms with E-state index in [9.17, 15) is 0 Å². The van der Waals surface area contributed by atoms with Crippen LogP contribution in [0.25, 0.3) is 0 Å². The van der Waals surface area contributed by atoms with E-state index in [0.717, 1.165) is 48.9 Å². The summed E-state index contributed by atoms with van der Waals surface area (Å²) in [4.78, 5) is 0. The van der Waals surface area contributed by atoms with E-state index >= 15 is 0 Å². The van der Waals surface area contributed by atoms with Gasteiger partial charge in [0.1, 0.15) is 0 Å². The van der Waals surface area contributed by atoms with E-state index in [1.165, 1.54) is 93.8 Å².